The highest BCUT2D eigenvalue weighted by molar-refractivity contribution is 8.24. The topological polar surface area (TPSA) is 131 Å². The standard InChI is InChI=1S/C21H24N4O6S/c1-14-17(20(24-31-14)15-3-5-18(29-2)22-11-15)13-30-19-6-4-16(12-23-19)21(26)25-7-9-32(27,28)10-8-25/h3-6,11-12,27-28H,7-10,13H2,1-2H3. The molecule has 1 aliphatic heterocycles. The van der Waals surface area contributed by atoms with Crippen molar-refractivity contribution in [2.45, 2.75) is 13.5 Å². The predicted octanol–water partition coefficient (Wildman–Crippen LogP) is 3.23. The molecule has 0 radical (unpaired) electrons. The molecule has 4 heterocycles. The number of rotatable bonds is 6. The molecule has 3 aromatic heterocycles. The number of amides is 1. The minimum Gasteiger partial charge on any atom is -0.481 e. The van der Waals surface area contributed by atoms with E-state index < -0.39 is 10.6 Å². The summed E-state index contributed by atoms with van der Waals surface area (Å²) < 4.78 is 35.6. The first-order valence-electron chi connectivity index (χ1n) is 9.93. The Balaban J connectivity index is 1.41. The molecule has 1 aliphatic rings. The molecule has 10 nitrogen and oxygen atoms in total. The highest BCUT2D eigenvalue weighted by atomic mass is 32.3. The Morgan fingerprint density at radius 1 is 1.12 bits per heavy atom. The first-order chi connectivity index (χ1) is 15.4. The van der Waals surface area contributed by atoms with Crippen molar-refractivity contribution in [2.75, 3.05) is 31.7 Å². The highest BCUT2D eigenvalue weighted by Gasteiger charge is 2.26. The number of methoxy groups -OCH3 is 1. The van der Waals surface area contributed by atoms with Gasteiger partial charge in [-0.05, 0) is 19.1 Å². The van der Waals surface area contributed by atoms with Gasteiger partial charge >= 0.3 is 0 Å². The molecule has 0 aliphatic carbocycles. The maximum Gasteiger partial charge on any atom is 0.255 e. The summed E-state index contributed by atoms with van der Waals surface area (Å²) in [5, 5.41) is 4.11. The Morgan fingerprint density at radius 2 is 1.84 bits per heavy atom. The number of carbonyl (C=O) groups is 1. The Hall–Kier alpha value is -3.15. The lowest BCUT2D eigenvalue weighted by Crippen LogP contribution is -2.42. The van der Waals surface area contributed by atoms with Crippen molar-refractivity contribution in [3.05, 3.63) is 53.5 Å². The van der Waals surface area contributed by atoms with E-state index in [1.54, 1.807) is 43.3 Å². The first-order valence-corrected chi connectivity index (χ1v) is 11.8. The van der Waals surface area contributed by atoms with E-state index >= 15 is 0 Å². The zero-order valence-electron chi connectivity index (χ0n) is 17.7. The van der Waals surface area contributed by atoms with Gasteiger partial charge in [-0.3, -0.25) is 13.9 Å². The van der Waals surface area contributed by atoms with Crippen LogP contribution in [0.1, 0.15) is 21.7 Å². The van der Waals surface area contributed by atoms with E-state index in [4.69, 9.17) is 14.0 Å². The number of pyridine rings is 2. The van der Waals surface area contributed by atoms with Crippen molar-refractivity contribution >= 4 is 16.5 Å². The van der Waals surface area contributed by atoms with E-state index in [-0.39, 0.29) is 24.0 Å². The Labute approximate surface area is 186 Å². The summed E-state index contributed by atoms with van der Waals surface area (Å²) in [6.45, 7) is 2.61. The number of aromatic nitrogens is 3. The third kappa shape index (κ3) is 4.85. The van der Waals surface area contributed by atoms with Crippen LogP contribution in [0.3, 0.4) is 0 Å². The highest BCUT2D eigenvalue weighted by Crippen LogP contribution is 2.40. The van der Waals surface area contributed by atoms with Crippen molar-refractivity contribution in [3.8, 4) is 23.0 Å². The fourth-order valence-electron chi connectivity index (χ4n) is 3.28. The molecule has 3 aromatic rings. The minimum absolute atomic E-state index is 0.182. The van der Waals surface area contributed by atoms with Gasteiger partial charge in [0.15, 0.2) is 0 Å². The lowest BCUT2D eigenvalue weighted by atomic mass is 10.1. The maximum absolute atomic E-state index is 12.6. The molecular formula is C21H24N4O6S. The van der Waals surface area contributed by atoms with E-state index in [2.05, 4.69) is 15.1 Å². The van der Waals surface area contributed by atoms with Crippen LogP contribution in [-0.2, 0) is 6.61 Å². The predicted molar refractivity (Wildman–Crippen MR) is 118 cm³/mol. The second-order valence-electron chi connectivity index (χ2n) is 7.33. The van der Waals surface area contributed by atoms with Gasteiger partial charge in [-0.25, -0.2) is 9.97 Å². The van der Waals surface area contributed by atoms with Gasteiger partial charge < -0.3 is 18.9 Å². The fourth-order valence-corrected chi connectivity index (χ4v) is 4.51. The van der Waals surface area contributed by atoms with Crippen LogP contribution in [0.2, 0.25) is 0 Å². The van der Waals surface area contributed by atoms with Gasteiger partial charge in [0.1, 0.15) is 18.1 Å². The summed E-state index contributed by atoms with van der Waals surface area (Å²) in [4.78, 5) is 22.6. The van der Waals surface area contributed by atoms with Gasteiger partial charge in [0.25, 0.3) is 5.91 Å². The zero-order valence-corrected chi connectivity index (χ0v) is 18.5. The van der Waals surface area contributed by atoms with Crippen LogP contribution in [0.5, 0.6) is 11.8 Å². The van der Waals surface area contributed by atoms with Crippen LogP contribution in [0.25, 0.3) is 11.3 Å². The van der Waals surface area contributed by atoms with Crippen LogP contribution in [0.4, 0.5) is 0 Å². The van der Waals surface area contributed by atoms with Crippen LogP contribution in [0, 0.1) is 6.92 Å². The molecule has 1 fully saturated rings. The Kier molecular flexibility index (Phi) is 6.31. The van der Waals surface area contributed by atoms with Crippen molar-refractivity contribution in [1.29, 1.82) is 0 Å². The van der Waals surface area contributed by atoms with Crippen LogP contribution in [-0.4, -0.2) is 66.7 Å². The SMILES string of the molecule is COc1ccc(-c2noc(C)c2COc2ccc(C(=O)N3CCS(O)(O)CC3)cn2)cn1. The van der Waals surface area contributed by atoms with Crippen LogP contribution < -0.4 is 9.47 Å². The monoisotopic (exact) mass is 460 g/mol. The summed E-state index contributed by atoms with van der Waals surface area (Å²) >= 11 is 0. The van der Waals surface area contributed by atoms with E-state index in [1.807, 2.05) is 6.07 Å². The molecule has 11 heteroatoms. The van der Waals surface area contributed by atoms with Gasteiger partial charge in [0.05, 0.1) is 29.7 Å². The second kappa shape index (κ2) is 9.15. The Morgan fingerprint density at radius 3 is 2.47 bits per heavy atom. The van der Waals surface area contributed by atoms with Gasteiger partial charge in [0.2, 0.25) is 11.8 Å². The van der Waals surface area contributed by atoms with Crippen LogP contribution in [0.15, 0.2) is 41.2 Å². The molecule has 0 unspecified atom stereocenters. The molecule has 4 rings (SSSR count). The molecule has 1 amide bonds. The molecular weight excluding hydrogens is 436 g/mol. The summed E-state index contributed by atoms with van der Waals surface area (Å²) in [7, 11) is -0.999. The third-order valence-corrected chi connectivity index (χ3v) is 6.89. The second-order valence-corrected chi connectivity index (χ2v) is 9.75. The van der Waals surface area contributed by atoms with Crippen LogP contribution >= 0.6 is 10.6 Å². The van der Waals surface area contributed by atoms with Crippen molar-refractivity contribution in [2.24, 2.45) is 0 Å². The minimum atomic E-state index is -2.55. The molecule has 1 saturated heterocycles. The van der Waals surface area contributed by atoms with Gasteiger partial charge in [-0.1, -0.05) is 5.16 Å². The number of carbonyl (C=O) groups excluding carboxylic acids is 1. The first kappa shape index (κ1) is 22.1. The van der Waals surface area contributed by atoms with Gasteiger partial charge in [-0.15, -0.1) is 0 Å². The summed E-state index contributed by atoms with van der Waals surface area (Å²) in [5.74, 6) is 1.70. The van der Waals surface area contributed by atoms with Gasteiger partial charge in [-0.2, -0.15) is 10.6 Å². The summed E-state index contributed by atoms with van der Waals surface area (Å²) in [6.07, 6.45) is 3.11. The van der Waals surface area contributed by atoms with Crippen molar-refractivity contribution in [1.82, 2.24) is 20.0 Å². The fraction of sp³-hybridized carbons (Fsp3) is 0.333. The molecule has 2 N–H and O–H groups in total. The smallest absolute Gasteiger partial charge is 0.255 e. The zero-order chi connectivity index (χ0) is 22.7. The normalized spacial score (nSPS) is 16.4. The average Bonchev–Trinajstić information content (AvgIpc) is 3.18. The molecule has 0 spiro atoms. The molecule has 170 valence electrons. The largest absolute Gasteiger partial charge is 0.481 e. The maximum atomic E-state index is 12.6. The lowest BCUT2D eigenvalue weighted by molar-refractivity contribution is 0.0767. The number of hydrogen-bond acceptors (Lipinski definition) is 9. The van der Waals surface area contributed by atoms with E-state index in [0.29, 0.717) is 41.9 Å². The molecule has 0 saturated carbocycles. The Bertz CT molecular complexity index is 1070. The number of nitrogens with zero attached hydrogens (tertiary/aromatic N) is 4. The summed E-state index contributed by atoms with van der Waals surface area (Å²) in [5.41, 5.74) is 2.59. The molecule has 0 bridgehead atoms. The molecule has 32 heavy (non-hydrogen) atoms. The number of aryl methyl sites for hydroxylation is 1. The summed E-state index contributed by atoms with van der Waals surface area (Å²) in [6, 6.07) is 6.85. The third-order valence-electron chi connectivity index (χ3n) is 5.21. The number of ether oxygens (including phenoxy) is 2. The van der Waals surface area contributed by atoms with E-state index in [0.717, 1.165) is 11.1 Å². The van der Waals surface area contributed by atoms with Crippen molar-refractivity contribution in [3.63, 3.8) is 0 Å². The van der Waals surface area contributed by atoms with E-state index in [1.165, 1.54) is 6.20 Å². The van der Waals surface area contributed by atoms with Crippen molar-refractivity contribution < 1.29 is 27.9 Å². The van der Waals surface area contributed by atoms with Gasteiger partial charge in [0, 0.05) is 43.2 Å². The van der Waals surface area contributed by atoms with E-state index in [9.17, 15) is 13.9 Å². The number of hydrogen-bond donors (Lipinski definition) is 2. The molecule has 0 atom stereocenters. The quantitative estimate of drug-likeness (QED) is 0.569. The average molecular weight is 461 g/mol. The lowest BCUT2D eigenvalue weighted by Gasteiger charge is -2.40. The molecule has 0 aromatic carbocycles.